The molecule has 2 radical (unpaired) electrons. The zero-order valence-electron chi connectivity index (χ0n) is 10.7. The van der Waals surface area contributed by atoms with Gasteiger partial charge in [-0.2, -0.15) is 0 Å². The molecule has 0 aliphatic rings. The van der Waals surface area contributed by atoms with Gasteiger partial charge in [-0.1, -0.05) is 0 Å². The van der Waals surface area contributed by atoms with Gasteiger partial charge in [0.05, 0.1) is 0 Å². The van der Waals surface area contributed by atoms with Crippen LogP contribution >= 0.6 is 23.2 Å². The molecule has 0 aromatic heterocycles. The first-order valence-corrected chi connectivity index (χ1v) is 9.50. The van der Waals surface area contributed by atoms with E-state index in [1.807, 2.05) is 24.3 Å². The van der Waals surface area contributed by atoms with Gasteiger partial charge in [0.2, 0.25) is 0 Å². The third-order valence-corrected chi connectivity index (χ3v) is 4.91. The van der Waals surface area contributed by atoms with Crippen LogP contribution in [0.3, 0.4) is 0 Å². The van der Waals surface area contributed by atoms with Crippen LogP contribution in [0.15, 0.2) is 48.5 Å². The first-order valence-electron chi connectivity index (χ1n) is 6.41. The van der Waals surface area contributed by atoms with E-state index in [1.54, 1.807) is 0 Å². The number of rotatable bonds is 5. The molecule has 0 saturated heterocycles. The maximum atomic E-state index is 5.98. The van der Waals surface area contributed by atoms with Gasteiger partial charge in [-0.3, -0.25) is 0 Å². The molecular formula is C16H16Cl2Sn. The van der Waals surface area contributed by atoms with Crippen molar-refractivity contribution < 1.29 is 0 Å². The number of hydrogen-bond acceptors (Lipinski definition) is 0. The van der Waals surface area contributed by atoms with Crippen LogP contribution in [0, 0.1) is 0 Å². The first-order chi connectivity index (χ1) is 9.20. The van der Waals surface area contributed by atoms with Crippen molar-refractivity contribution in [1.29, 1.82) is 0 Å². The van der Waals surface area contributed by atoms with E-state index in [9.17, 15) is 0 Å². The molecule has 2 rings (SSSR count). The summed E-state index contributed by atoms with van der Waals surface area (Å²) in [5.41, 5.74) is 2.67. The second-order valence-electron chi connectivity index (χ2n) is 4.59. The Labute approximate surface area is 138 Å². The van der Waals surface area contributed by atoms with Crippen molar-refractivity contribution in [3.63, 3.8) is 0 Å². The van der Waals surface area contributed by atoms with E-state index in [4.69, 9.17) is 23.2 Å². The van der Waals surface area contributed by atoms with Gasteiger partial charge in [0.25, 0.3) is 0 Å². The fourth-order valence-electron chi connectivity index (χ4n) is 2.24. The van der Waals surface area contributed by atoms with Crippen molar-refractivity contribution in [1.82, 2.24) is 0 Å². The summed E-state index contributed by atoms with van der Waals surface area (Å²) in [6, 6.07) is 16.4. The summed E-state index contributed by atoms with van der Waals surface area (Å²) in [6.45, 7) is 0. The molecule has 0 amide bonds. The van der Waals surface area contributed by atoms with E-state index in [0.29, 0.717) is 5.92 Å². The molecule has 3 heteroatoms. The molecule has 0 heterocycles. The molecular weight excluding hydrogens is 382 g/mol. The monoisotopic (exact) mass is 398 g/mol. The van der Waals surface area contributed by atoms with Gasteiger partial charge in [-0.25, -0.2) is 0 Å². The van der Waals surface area contributed by atoms with Crippen molar-refractivity contribution in [2.75, 3.05) is 0 Å². The second kappa shape index (κ2) is 7.56. The topological polar surface area (TPSA) is 0 Å². The Morgan fingerprint density at radius 2 is 1.21 bits per heavy atom. The molecule has 2 aromatic rings. The van der Waals surface area contributed by atoms with Gasteiger partial charge in [0.1, 0.15) is 0 Å². The Morgan fingerprint density at radius 1 is 0.789 bits per heavy atom. The van der Waals surface area contributed by atoms with E-state index < -0.39 is 0 Å². The Morgan fingerprint density at radius 3 is 1.58 bits per heavy atom. The summed E-state index contributed by atoms with van der Waals surface area (Å²) in [4.78, 5) is 0. The molecule has 0 fully saturated rings. The van der Waals surface area contributed by atoms with E-state index >= 15 is 0 Å². The summed E-state index contributed by atoms with van der Waals surface area (Å²) in [5, 5.41) is 1.59. The average molecular weight is 398 g/mol. The molecule has 19 heavy (non-hydrogen) atoms. The summed E-state index contributed by atoms with van der Waals surface area (Å²) >= 11 is 13.3. The Bertz CT molecular complexity index is 460. The molecule has 0 aliphatic heterocycles. The van der Waals surface area contributed by atoms with Crippen molar-refractivity contribution in [2.45, 2.75) is 23.2 Å². The molecule has 0 spiro atoms. The van der Waals surface area contributed by atoms with Crippen LogP contribution < -0.4 is 0 Å². The fraction of sp³-hybridized carbons (Fsp3) is 0.250. The van der Waals surface area contributed by atoms with Crippen molar-refractivity contribution in [3.8, 4) is 0 Å². The minimum absolute atomic E-state index is 0.446. The number of benzene rings is 2. The maximum absolute atomic E-state index is 5.98. The predicted molar refractivity (Wildman–Crippen MR) is 85.9 cm³/mol. The van der Waals surface area contributed by atoms with Crippen LogP contribution in [0.5, 0.6) is 0 Å². The molecule has 2 aromatic carbocycles. The van der Waals surface area contributed by atoms with E-state index in [1.165, 1.54) is 50.9 Å². The molecule has 98 valence electrons. The van der Waals surface area contributed by atoms with Crippen LogP contribution in [0.1, 0.15) is 29.9 Å². The zero-order valence-corrected chi connectivity index (χ0v) is 15.5. The van der Waals surface area contributed by atoms with E-state index in [-0.39, 0.29) is 0 Å². The van der Waals surface area contributed by atoms with E-state index in [2.05, 4.69) is 24.3 Å². The van der Waals surface area contributed by atoms with Gasteiger partial charge in [0.15, 0.2) is 0 Å². The normalized spacial score (nSPS) is 10.9. The van der Waals surface area contributed by atoms with Crippen LogP contribution in [-0.2, 0) is 0 Å². The Kier molecular flexibility index (Phi) is 6.05. The molecule has 0 nitrogen and oxygen atoms in total. The first kappa shape index (κ1) is 15.2. The van der Waals surface area contributed by atoms with Crippen molar-refractivity contribution in [3.05, 3.63) is 69.7 Å². The summed E-state index contributed by atoms with van der Waals surface area (Å²) in [6.07, 6.45) is 2.46. The standard InChI is InChI=1S/C16H15Cl2.Sn.H/c1-2-3-16(12-4-8-14(17)9-5-12)13-6-10-15(18)11-7-13;;/h4-11,16H,1-3H2;;. The Hall–Kier alpha value is -0.181. The average Bonchev–Trinajstić information content (AvgIpc) is 2.43. The number of halogens is 2. The van der Waals surface area contributed by atoms with Crippen LogP contribution in [0.2, 0.25) is 14.5 Å². The summed E-state index contributed by atoms with van der Waals surface area (Å²) in [7, 11) is 0. The van der Waals surface area contributed by atoms with Gasteiger partial charge in [0, 0.05) is 0 Å². The summed E-state index contributed by atoms with van der Waals surface area (Å²) < 4.78 is 1.34. The summed E-state index contributed by atoms with van der Waals surface area (Å²) in [5.74, 6) is 0.446. The molecule has 0 saturated carbocycles. The minimum atomic E-state index is 0.446. The van der Waals surface area contributed by atoms with Crippen LogP contribution in [0.4, 0.5) is 0 Å². The quantitative estimate of drug-likeness (QED) is 0.606. The zero-order chi connectivity index (χ0) is 13.7. The number of hydrogen-bond donors (Lipinski definition) is 0. The van der Waals surface area contributed by atoms with E-state index in [0.717, 1.165) is 10.0 Å². The molecule has 0 aliphatic carbocycles. The SMILES string of the molecule is Clc1ccc(C(CC[CH2][SnH])c2ccc(Cl)cc2)cc1. The fourth-order valence-corrected chi connectivity index (χ4v) is 3.16. The van der Waals surface area contributed by atoms with Gasteiger partial charge < -0.3 is 0 Å². The second-order valence-corrected chi connectivity index (χ2v) is 7.11. The molecule has 0 unspecified atom stereocenters. The third kappa shape index (κ3) is 4.40. The van der Waals surface area contributed by atoms with Crippen molar-refractivity contribution in [2.24, 2.45) is 0 Å². The van der Waals surface area contributed by atoms with Crippen molar-refractivity contribution >= 4 is 45.7 Å². The predicted octanol–water partition coefficient (Wildman–Crippen LogP) is 5.22. The molecule has 0 bridgehead atoms. The Balaban J connectivity index is 2.29. The third-order valence-electron chi connectivity index (χ3n) is 3.24. The van der Waals surface area contributed by atoms with Gasteiger partial charge in [-0.15, -0.1) is 0 Å². The molecule has 0 atom stereocenters. The van der Waals surface area contributed by atoms with Gasteiger partial charge in [-0.05, 0) is 0 Å². The molecule has 0 N–H and O–H groups in total. The van der Waals surface area contributed by atoms with Gasteiger partial charge >= 0.3 is 139 Å². The van der Waals surface area contributed by atoms with Crippen LogP contribution in [-0.4, -0.2) is 22.5 Å². The van der Waals surface area contributed by atoms with Crippen LogP contribution in [0.25, 0.3) is 0 Å².